The fourth-order valence-electron chi connectivity index (χ4n) is 2.98. The zero-order valence-corrected chi connectivity index (χ0v) is 20.1. The Morgan fingerprint density at radius 2 is 1.83 bits per heavy atom. The summed E-state index contributed by atoms with van der Waals surface area (Å²) in [5.74, 6) is 1.23. The molecule has 0 aliphatic carbocycles. The van der Waals surface area contributed by atoms with Crippen LogP contribution in [0.5, 0.6) is 5.75 Å². The highest BCUT2D eigenvalue weighted by atomic mass is 127. The number of carbonyl (C=O) groups excluding carboxylic acids is 2. The monoisotopic (exact) mass is 533 g/mol. The van der Waals surface area contributed by atoms with Gasteiger partial charge in [0.1, 0.15) is 5.75 Å². The summed E-state index contributed by atoms with van der Waals surface area (Å²) in [5, 5.41) is 9.20. The number of amides is 2. The largest absolute Gasteiger partial charge is 0.497 e. The summed E-state index contributed by atoms with van der Waals surface area (Å²) >= 11 is 0. The molecule has 1 aromatic rings. The summed E-state index contributed by atoms with van der Waals surface area (Å²) in [4.78, 5) is 29.7. The number of hydrogen-bond donors (Lipinski definition) is 3. The highest BCUT2D eigenvalue weighted by Gasteiger charge is 2.24. The third kappa shape index (κ3) is 8.64. The molecule has 1 fully saturated rings. The van der Waals surface area contributed by atoms with E-state index in [1.807, 2.05) is 24.3 Å². The molecular weight excluding hydrogens is 501 g/mol. The number of piperidine rings is 1. The van der Waals surface area contributed by atoms with E-state index in [0.717, 1.165) is 24.2 Å². The van der Waals surface area contributed by atoms with Gasteiger partial charge in [0.25, 0.3) is 0 Å². The molecule has 0 unspecified atom stereocenters. The Morgan fingerprint density at radius 3 is 2.40 bits per heavy atom. The third-order valence-corrected chi connectivity index (χ3v) is 4.65. The maximum atomic E-state index is 12.1. The van der Waals surface area contributed by atoms with E-state index in [0.29, 0.717) is 32.2 Å². The second kappa shape index (κ2) is 13.9. The summed E-state index contributed by atoms with van der Waals surface area (Å²) in [6.07, 6.45) is 1.33. The Bertz CT molecular complexity index is 691. The predicted molar refractivity (Wildman–Crippen MR) is 126 cm³/mol. The molecule has 1 saturated heterocycles. The number of hydrogen-bond acceptors (Lipinski definition) is 5. The van der Waals surface area contributed by atoms with Crippen molar-refractivity contribution in [3.8, 4) is 5.75 Å². The lowest BCUT2D eigenvalue weighted by Crippen LogP contribution is -2.51. The van der Waals surface area contributed by atoms with Crippen molar-refractivity contribution in [2.45, 2.75) is 32.4 Å². The second-order valence-electron chi connectivity index (χ2n) is 6.66. The highest BCUT2D eigenvalue weighted by Crippen LogP contribution is 2.12. The number of likely N-dealkylation sites (tertiary alicyclic amines) is 1. The van der Waals surface area contributed by atoms with Gasteiger partial charge in [0, 0.05) is 32.7 Å². The maximum absolute atomic E-state index is 12.1. The van der Waals surface area contributed by atoms with Crippen molar-refractivity contribution in [2.24, 2.45) is 4.99 Å². The second-order valence-corrected chi connectivity index (χ2v) is 6.66. The van der Waals surface area contributed by atoms with Gasteiger partial charge in [-0.3, -0.25) is 9.79 Å². The quantitative estimate of drug-likeness (QED) is 0.280. The van der Waals surface area contributed by atoms with Crippen LogP contribution in [0.2, 0.25) is 0 Å². The Hall–Kier alpha value is -2.24. The van der Waals surface area contributed by atoms with Crippen LogP contribution in [0.15, 0.2) is 29.3 Å². The fraction of sp³-hybridized carbons (Fsp3) is 0.550. The molecule has 9 nitrogen and oxygen atoms in total. The van der Waals surface area contributed by atoms with Crippen molar-refractivity contribution in [3.63, 3.8) is 0 Å². The molecule has 1 aromatic carbocycles. The minimum absolute atomic E-state index is 0. The summed E-state index contributed by atoms with van der Waals surface area (Å²) in [5.41, 5.74) is 0.995. The smallest absolute Gasteiger partial charge is 0.409 e. The van der Waals surface area contributed by atoms with Crippen LogP contribution in [0.1, 0.15) is 25.3 Å². The molecule has 0 aromatic heterocycles. The Morgan fingerprint density at radius 1 is 1.17 bits per heavy atom. The van der Waals surface area contributed by atoms with Crippen LogP contribution in [0.25, 0.3) is 0 Å². The number of aliphatic imine (C=N–C) groups is 1. The molecule has 10 heteroatoms. The van der Waals surface area contributed by atoms with E-state index in [1.54, 1.807) is 26.0 Å². The molecule has 1 aliphatic rings. The number of rotatable bonds is 7. The maximum Gasteiger partial charge on any atom is 0.409 e. The number of carbonyl (C=O) groups is 2. The molecule has 1 aliphatic heterocycles. The standard InChI is InChI=1S/C20H31N5O4.HI/c1-4-29-20(27)25-11-9-16(10-12-25)24-19(21-2)23-14-18(26)22-13-15-5-7-17(28-3)8-6-15;/h5-8,16H,4,9-14H2,1-3H3,(H,22,26)(H2,21,23,24);1H. The number of ether oxygens (including phenoxy) is 2. The van der Waals surface area contributed by atoms with Crippen molar-refractivity contribution in [1.82, 2.24) is 20.9 Å². The summed E-state index contributed by atoms with van der Waals surface area (Å²) in [6, 6.07) is 7.73. The molecule has 3 N–H and O–H groups in total. The summed E-state index contributed by atoms with van der Waals surface area (Å²) in [7, 11) is 3.28. The number of halogens is 1. The minimum atomic E-state index is -0.262. The molecule has 2 amide bonds. The Kier molecular flexibility index (Phi) is 11.9. The molecule has 1 heterocycles. The van der Waals surface area contributed by atoms with Crippen molar-refractivity contribution in [1.29, 1.82) is 0 Å². The van der Waals surface area contributed by atoms with Crippen LogP contribution >= 0.6 is 24.0 Å². The van der Waals surface area contributed by atoms with Gasteiger partial charge in [-0.2, -0.15) is 0 Å². The first-order valence-electron chi connectivity index (χ1n) is 9.84. The van der Waals surface area contributed by atoms with Crippen LogP contribution in [-0.4, -0.2) is 69.3 Å². The molecule has 0 atom stereocenters. The first kappa shape index (κ1) is 25.8. The van der Waals surface area contributed by atoms with Crippen molar-refractivity contribution in [2.75, 3.05) is 40.4 Å². The van der Waals surface area contributed by atoms with Crippen molar-refractivity contribution < 1.29 is 19.1 Å². The number of nitrogens with one attached hydrogen (secondary N) is 3. The summed E-state index contributed by atoms with van der Waals surface area (Å²) in [6.45, 7) is 4.02. The van der Waals surface area contributed by atoms with Crippen LogP contribution in [0.4, 0.5) is 4.79 Å². The highest BCUT2D eigenvalue weighted by molar-refractivity contribution is 14.0. The van der Waals surface area contributed by atoms with Crippen LogP contribution in [-0.2, 0) is 16.1 Å². The Labute approximate surface area is 195 Å². The molecule has 0 spiro atoms. The van der Waals surface area contributed by atoms with E-state index in [2.05, 4.69) is 20.9 Å². The van der Waals surface area contributed by atoms with E-state index in [-0.39, 0.29) is 48.6 Å². The molecule has 2 rings (SSSR count). The molecule has 168 valence electrons. The van der Waals surface area contributed by atoms with Gasteiger partial charge in [-0.25, -0.2) is 4.79 Å². The van der Waals surface area contributed by atoms with Gasteiger partial charge in [-0.1, -0.05) is 12.1 Å². The number of benzene rings is 1. The van der Waals surface area contributed by atoms with E-state index in [1.165, 1.54) is 0 Å². The SMILES string of the molecule is CCOC(=O)N1CCC(NC(=NC)NCC(=O)NCc2ccc(OC)cc2)CC1.I. The van der Waals surface area contributed by atoms with Gasteiger partial charge in [-0.05, 0) is 37.5 Å². The Balaban J connectivity index is 0.00000450. The first-order valence-corrected chi connectivity index (χ1v) is 9.84. The normalized spacial score (nSPS) is 14.4. The zero-order chi connectivity index (χ0) is 21.1. The lowest BCUT2D eigenvalue weighted by Gasteiger charge is -2.32. The topological polar surface area (TPSA) is 104 Å². The van der Waals surface area contributed by atoms with Gasteiger partial charge in [0.2, 0.25) is 5.91 Å². The van der Waals surface area contributed by atoms with E-state index < -0.39 is 0 Å². The molecule has 30 heavy (non-hydrogen) atoms. The van der Waals surface area contributed by atoms with Crippen LogP contribution < -0.4 is 20.7 Å². The lowest BCUT2D eigenvalue weighted by atomic mass is 10.1. The average Bonchev–Trinajstić information content (AvgIpc) is 2.76. The number of guanidine groups is 1. The average molecular weight is 533 g/mol. The van der Waals surface area contributed by atoms with Gasteiger partial charge in [0.15, 0.2) is 5.96 Å². The van der Waals surface area contributed by atoms with Crippen molar-refractivity contribution >= 4 is 41.9 Å². The summed E-state index contributed by atoms with van der Waals surface area (Å²) < 4.78 is 10.1. The van der Waals surface area contributed by atoms with Gasteiger partial charge in [0.05, 0.1) is 20.3 Å². The lowest BCUT2D eigenvalue weighted by molar-refractivity contribution is -0.120. The zero-order valence-electron chi connectivity index (χ0n) is 17.8. The van der Waals surface area contributed by atoms with E-state index in [4.69, 9.17) is 9.47 Å². The third-order valence-electron chi connectivity index (χ3n) is 4.65. The first-order chi connectivity index (χ1) is 14.0. The van der Waals surface area contributed by atoms with Gasteiger partial charge in [-0.15, -0.1) is 24.0 Å². The van der Waals surface area contributed by atoms with Crippen LogP contribution in [0, 0.1) is 0 Å². The molecule has 0 saturated carbocycles. The predicted octanol–water partition coefficient (Wildman–Crippen LogP) is 1.72. The van der Waals surface area contributed by atoms with Gasteiger partial charge < -0.3 is 30.3 Å². The molecule has 0 radical (unpaired) electrons. The van der Waals surface area contributed by atoms with Crippen LogP contribution in [0.3, 0.4) is 0 Å². The van der Waals surface area contributed by atoms with Crippen molar-refractivity contribution in [3.05, 3.63) is 29.8 Å². The number of methoxy groups -OCH3 is 1. The van der Waals surface area contributed by atoms with E-state index >= 15 is 0 Å². The van der Waals surface area contributed by atoms with Gasteiger partial charge >= 0.3 is 6.09 Å². The fourth-order valence-corrected chi connectivity index (χ4v) is 2.98. The minimum Gasteiger partial charge on any atom is -0.497 e. The molecule has 0 bridgehead atoms. The van der Waals surface area contributed by atoms with E-state index in [9.17, 15) is 9.59 Å². The number of nitrogens with zero attached hydrogens (tertiary/aromatic N) is 2. The molecular formula is C20H32IN5O4.